The van der Waals surface area contributed by atoms with Gasteiger partial charge in [-0.3, -0.25) is 19.6 Å². The van der Waals surface area contributed by atoms with Crippen molar-refractivity contribution in [2.24, 2.45) is 0 Å². The molecule has 0 saturated carbocycles. The molecule has 2 atom stereocenters. The molecule has 2 aliphatic heterocycles. The van der Waals surface area contributed by atoms with Gasteiger partial charge < -0.3 is 10.1 Å². The van der Waals surface area contributed by atoms with Crippen molar-refractivity contribution in [3.05, 3.63) is 126 Å². The molecular formula is C30H25N5O3S2. The zero-order valence-electron chi connectivity index (χ0n) is 21.3. The first-order valence-corrected chi connectivity index (χ1v) is 14.2. The number of nitrogens with one attached hydrogen (secondary N) is 2. The van der Waals surface area contributed by atoms with E-state index in [2.05, 4.69) is 20.5 Å². The van der Waals surface area contributed by atoms with Crippen LogP contribution in [0, 0.1) is 0 Å². The molecule has 2 N–H and O–H groups in total. The summed E-state index contributed by atoms with van der Waals surface area (Å²) in [5.74, 6) is 0.581. The highest BCUT2D eigenvalue weighted by Crippen LogP contribution is 2.44. The van der Waals surface area contributed by atoms with Crippen LogP contribution in [0.1, 0.15) is 28.6 Å². The molecule has 0 aliphatic carbocycles. The topological polar surface area (TPSA) is 100 Å². The van der Waals surface area contributed by atoms with E-state index in [1.807, 2.05) is 91.0 Å². The number of hydrogen-bond acceptors (Lipinski definition) is 7. The maximum atomic E-state index is 13.5. The fourth-order valence-electron chi connectivity index (χ4n) is 4.89. The second kappa shape index (κ2) is 11.4. The third kappa shape index (κ3) is 5.15. The molecule has 0 unspecified atom stereocenters. The van der Waals surface area contributed by atoms with Gasteiger partial charge in [-0.2, -0.15) is 5.10 Å². The lowest BCUT2D eigenvalue weighted by atomic mass is 10.0. The molecule has 0 radical (unpaired) electrons. The lowest BCUT2D eigenvalue weighted by molar-refractivity contribution is -0.145. The van der Waals surface area contributed by atoms with Crippen molar-refractivity contribution in [1.29, 1.82) is 0 Å². The number of hydrogen-bond donors (Lipinski definition) is 2. The molecular weight excluding hydrogens is 542 g/mol. The quantitative estimate of drug-likeness (QED) is 0.242. The normalized spacial score (nSPS) is 18.2. The number of amides is 2. The first-order chi connectivity index (χ1) is 19.6. The molecule has 2 aliphatic rings. The number of benzene rings is 3. The lowest BCUT2D eigenvalue weighted by Gasteiger charge is -2.50. The predicted octanol–water partition coefficient (Wildman–Crippen LogP) is 4.29. The highest BCUT2D eigenvalue weighted by molar-refractivity contribution is 8.00. The Balaban J connectivity index is 1.28. The fourth-order valence-corrected chi connectivity index (χ4v) is 6.56. The van der Waals surface area contributed by atoms with E-state index in [0.29, 0.717) is 17.3 Å². The number of ether oxygens (including phenoxy) is 1. The van der Waals surface area contributed by atoms with Gasteiger partial charge in [0.2, 0.25) is 11.0 Å². The molecule has 0 bridgehead atoms. The monoisotopic (exact) mass is 567 g/mol. The van der Waals surface area contributed by atoms with Gasteiger partial charge in [-0.25, -0.2) is 4.98 Å². The van der Waals surface area contributed by atoms with Crippen LogP contribution >= 0.6 is 24.0 Å². The molecule has 200 valence electrons. The van der Waals surface area contributed by atoms with E-state index in [4.69, 9.17) is 17.0 Å². The molecule has 40 heavy (non-hydrogen) atoms. The lowest BCUT2D eigenvalue weighted by Crippen LogP contribution is -2.70. The summed E-state index contributed by atoms with van der Waals surface area (Å²) in [7, 11) is 0. The van der Waals surface area contributed by atoms with E-state index in [0.717, 1.165) is 22.3 Å². The van der Waals surface area contributed by atoms with Gasteiger partial charge in [0.1, 0.15) is 29.5 Å². The Morgan fingerprint density at radius 1 is 1.02 bits per heavy atom. The maximum Gasteiger partial charge on any atom is 0.253 e. The van der Waals surface area contributed by atoms with Crippen molar-refractivity contribution < 1.29 is 14.3 Å². The van der Waals surface area contributed by atoms with Crippen LogP contribution in [0.25, 0.3) is 5.57 Å². The number of β-lactam (4-membered cyclic amide) rings is 1. The fraction of sp³-hybridized carbons (Fsp3) is 0.167. The molecule has 1 fully saturated rings. The number of nitrogens with zero attached hydrogens (tertiary/aromatic N) is 3. The summed E-state index contributed by atoms with van der Waals surface area (Å²) >= 11 is 7.44. The Kier molecular flexibility index (Phi) is 7.43. The van der Waals surface area contributed by atoms with Crippen molar-refractivity contribution in [2.75, 3.05) is 5.75 Å². The average Bonchev–Trinajstić information content (AvgIpc) is 3.54. The molecule has 3 aromatic carbocycles. The van der Waals surface area contributed by atoms with Gasteiger partial charge in [0, 0.05) is 11.3 Å². The number of aromatic amines is 1. The van der Waals surface area contributed by atoms with Crippen LogP contribution in [0.15, 0.2) is 103 Å². The Labute approximate surface area is 240 Å². The predicted molar refractivity (Wildman–Crippen MR) is 157 cm³/mol. The Bertz CT molecular complexity index is 1510. The minimum Gasteiger partial charge on any atom is -0.469 e. The van der Waals surface area contributed by atoms with Crippen molar-refractivity contribution in [3.63, 3.8) is 0 Å². The molecule has 8 nitrogen and oxygen atoms in total. The number of carbonyl (C=O) groups is 2. The molecule has 6 rings (SSSR count). The molecule has 0 spiro atoms. The number of rotatable bonds is 8. The highest BCUT2D eigenvalue weighted by Gasteiger charge is 2.54. The number of fused-ring (bicyclic) bond motifs is 1. The van der Waals surface area contributed by atoms with Gasteiger partial charge in [-0.1, -0.05) is 91.0 Å². The molecule has 4 aromatic rings. The van der Waals surface area contributed by atoms with Gasteiger partial charge >= 0.3 is 0 Å². The Hall–Kier alpha value is -4.28. The third-order valence-corrected chi connectivity index (χ3v) is 8.39. The van der Waals surface area contributed by atoms with E-state index in [-0.39, 0.29) is 28.7 Å². The number of thiocarbonyl (C=S) groups is 1. The zero-order valence-corrected chi connectivity index (χ0v) is 22.9. The second-order valence-electron chi connectivity index (χ2n) is 9.39. The smallest absolute Gasteiger partial charge is 0.253 e. The SMILES string of the molecule is O=C(Cc1ccccc1)N[C@@H]1C(=O)N2C(C(=S)OC(c3ccccc3)c3ccccc3)=C(c3ncn[nH]3)CS[C@H]12. The van der Waals surface area contributed by atoms with Gasteiger partial charge in [0.25, 0.3) is 5.91 Å². The van der Waals surface area contributed by atoms with Crippen LogP contribution in [0.2, 0.25) is 0 Å². The number of H-pyrrole nitrogens is 1. The number of thioether (sulfide) groups is 1. The molecule has 10 heteroatoms. The van der Waals surface area contributed by atoms with Crippen LogP contribution < -0.4 is 5.32 Å². The maximum absolute atomic E-state index is 13.5. The van der Waals surface area contributed by atoms with E-state index >= 15 is 0 Å². The van der Waals surface area contributed by atoms with Crippen molar-refractivity contribution in [1.82, 2.24) is 25.4 Å². The minimum atomic E-state index is -0.658. The largest absolute Gasteiger partial charge is 0.469 e. The summed E-state index contributed by atoms with van der Waals surface area (Å²) in [5, 5.41) is 9.68. The standard InChI is InChI=1S/C30H25N5O3S2/c36-23(16-19-10-4-1-5-11-19)33-24-28(37)35-25(22(17-40-29(24)35)27-31-18-32-34-27)30(39)38-26(20-12-6-2-7-13-20)21-14-8-3-9-15-21/h1-15,18,24,26,29H,16-17H2,(H,33,36)(H,31,32,34)/t24-,29-/m1/s1. The highest BCUT2D eigenvalue weighted by atomic mass is 32.2. The minimum absolute atomic E-state index is 0.178. The molecule has 1 saturated heterocycles. The van der Waals surface area contributed by atoms with Gasteiger partial charge in [-0.15, -0.1) is 11.8 Å². The van der Waals surface area contributed by atoms with Gasteiger partial charge in [-0.05, 0) is 28.9 Å². The van der Waals surface area contributed by atoms with Crippen LogP contribution in [0.3, 0.4) is 0 Å². The van der Waals surface area contributed by atoms with Gasteiger partial charge in [0.05, 0.1) is 6.42 Å². The summed E-state index contributed by atoms with van der Waals surface area (Å²) < 4.78 is 6.51. The average molecular weight is 568 g/mol. The van der Waals surface area contributed by atoms with Crippen molar-refractivity contribution in [3.8, 4) is 0 Å². The second-order valence-corrected chi connectivity index (χ2v) is 10.9. The molecule has 1 aromatic heterocycles. The summed E-state index contributed by atoms with van der Waals surface area (Å²) in [4.78, 5) is 32.3. The Morgan fingerprint density at radius 3 is 2.25 bits per heavy atom. The zero-order chi connectivity index (χ0) is 27.5. The summed E-state index contributed by atoms with van der Waals surface area (Å²) in [6.45, 7) is 0. The molecule has 3 heterocycles. The van der Waals surface area contributed by atoms with Crippen molar-refractivity contribution in [2.45, 2.75) is 23.9 Å². The van der Waals surface area contributed by atoms with Crippen LogP contribution in [0.4, 0.5) is 0 Å². The van der Waals surface area contributed by atoms with Gasteiger partial charge in [0.15, 0.2) is 5.82 Å². The van der Waals surface area contributed by atoms with E-state index < -0.39 is 12.1 Å². The van der Waals surface area contributed by atoms with E-state index in [1.165, 1.54) is 6.33 Å². The number of carbonyl (C=O) groups excluding carboxylic acids is 2. The van der Waals surface area contributed by atoms with Crippen LogP contribution in [0.5, 0.6) is 0 Å². The Morgan fingerprint density at radius 2 is 1.65 bits per heavy atom. The third-order valence-electron chi connectivity index (χ3n) is 6.82. The first-order valence-electron chi connectivity index (χ1n) is 12.8. The van der Waals surface area contributed by atoms with Crippen molar-refractivity contribution >= 4 is 46.4 Å². The van der Waals surface area contributed by atoms with E-state index in [1.54, 1.807) is 16.7 Å². The van der Waals surface area contributed by atoms with E-state index in [9.17, 15) is 9.59 Å². The summed E-state index contributed by atoms with van der Waals surface area (Å²) in [5.41, 5.74) is 3.95. The summed E-state index contributed by atoms with van der Waals surface area (Å²) in [6.07, 6.45) is 1.14. The van der Waals surface area contributed by atoms with Crippen LogP contribution in [-0.2, 0) is 20.7 Å². The van der Waals surface area contributed by atoms with Crippen LogP contribution in [-0.4, -0.2) is 54.1 Å². The molecule has 2 amide bonds. The first kappa shape index (κ1) is 26.0. The number of aromatic nitrogens is 3. The summed E-state index contributed by atoms with van der Waals surface area (Å²) in [6, 6.07) is 28.4.